The minimum Gasteiger partial charge on any atom is -0.466 e. The number of nitriles is 1. The van der Waals surface area contributed by atoms with Crippen molar-refractivity contribution in [2.24, 2.45) is 0 Å². The summed E-state index contributed by atoms with van der Waals surface area (Å²) in [6.07, 6.45) is 0.116. The first-order chi connectivity index (χ1) is 8.13. The first-order valence-corrected chi connectivity index (χ1v) is 6.66. The molecule has 5 heteroatoms. The van der Waals surface area contributed by atoms with E-state index in [0.29, 0.717) is 23.1 Å². The average Bonchev–Trinajstić information content (AvgIpc) is 2.31. The van der Waals surface area contributed by atoms with E-state index in [0.717, 1.165) is 10.5 Å². The Kier molecular flexibility index (Phi) is 5.52. The van der Waals surface area contributed by atoms with E-state index in [-0.39, 0.29) is 12.4 Å². The molecular weight excluding hydrogens is 302 g/mol. The van der Waals surface area contributed by atoms with Gasteiger partial charge in [-0.1, -0.05) is 22.0 Å². The number of alkyl halides is 1. The number of nitrogens with zero attached hydrogens (tertiary/aromatic N) is 1. The molecule has 0 saturated heterocycles. The molecule has 0 unspecified atom stereocenters. The van der Waals surface area contributed by atoms with Crippen LogP contribution < -0.4 is 0 Å². The summed E-state index contributed by atoms with van der Waals surface area (Å²) in [7, 11) is 0. The maximum Gasteiger partial charge on any atom is 0.310 e. The number of thiol groups is 1. The zero-order valence-electron chi connectivity index (χ0n) is 9.36. The van der Waals surface area contributed by atoms with E-state index in [2.05, 4.69) is 34.6 Å². The number of ether oxygens (including phenoxy) is 1. The van der Waals surface area contributed by atoms with Crippen LogP contribution in [-0.4, -0.2) is 12.6 Å². The van der Waals surface area contributed by atoms with E-state index in [1.165, 1.54) is 0 Å². The van der Waals surface area contributed by atoms with Crippen molar-refractivity contribution in [3.8, 4) is 6.07 Å². The van der Waals surface area contributed by atoms with Gasteiger partial charge in [0.05, 0.1) is 24.7 Å². The smallest absolute Gasteiger partial charge is 0.310 e. The molecule has 0 saturated carbocycles. The SMILES string of the molecule is CCOC(=O)Cc1ccc(S)c(CBr)c1C#N. The lowest BCUT2D eigenvalue weighted by atomic mass is 10.0. The molecule has 17 heavy (non-hydrogen) atoms. The third-order valence-electron chi connectivity index (χ3n) is 2.26. The van der Waals surface area contributed by atoms with Gasteiger partial charge in [-0.05, 0) is 24.1 Å². The summed E-state index contributed by atoms with van der Waals surface area (Å²) < 4.78 is 4.87. The summed E-state index contributed by atoms with van der Waals surface area (Å²) in [4.78, 5) is 12.1. The summed E-state index contributed by atoms with van der Waals surface area (Å²) in [5.74, 6) is -0.323. The van der Waals surface area contributed by atoms with Crippen molar-refractivity contribution in [1.29, 1.82) is 5.26 Å². The third kappa shape index (κ3) is 3.48. The summed E-state index contributed by atoms with van der Waals surface area (Å²) in [5, 5.41) is 9.67. The second-order valence-corrected chi connectivity index (χ2v) is 4.37. The Labute approximate surface area is 114 Å². The number of esters is 1. The number of hydrogen-bond acceptors (Lipinski definition) is 4. The minimum absolute atomic E-state index is 0.116. The van der Waals surface area contributed by atoms with Gasteiger partial charge in [0.2, 0.25) is 0 Å². The highest BCUT2D eigenvalue weighted by Crippen LogP contribution is 2.24. The molecule has 90 valence electrons. The molecule has 0 aromatic heterocycles. The average molecular weight is 314 g/mol. The van der Waals surface area contributed by atoms with E-state index < -0.39 is 0 Å². The summed E-state index contributed by atoms with van der Waals surface area (Å²) in [5.41, 5.74) is 1.98. The van der Waals surface area contributed by atoms with Gasteiger partial charge in [0.25, 0.3) is 0 Å². The molecule has 0 bridgehead atoms. The fourth-order valence-corrected chi connectivity index (χ4v) is 2.54. The van der Waals surface area contributed by atoms with Gasteiger partial charge in [-0.25, -0.2) is 0 Å². The van der Waals surface area contributed by atoms with Crippen LogP contribution >= 0.6 is 28.6 Å². The zero-order chi connectivity index (χ0) is 12.8. The van der Waals surface area contributed by atoms with Crippen LogP contribution in [0.4, 0.5) is 0 Å². The lowest BCUT2D eigenvalue weighted by Crippen LogP contribution is -2.09. The lowest BCUT2D eigenvalue weighted by molar-refractivity contribution is -0.142. The molecule has 0 aliphatic carbocycles. The van der Waals surface area contributed by atoms with Gasteiger partial charge in [0, 0.05) is 10.2 Å². The monoisotopic (exact) mass is 313 g/mol. The fourth-order valence-electron chi connectivity index (χ4n) is 1.47. The zero-order valence-corrected chi connectivity index (χ0v) is 11.8. The molecule has 1 rings (SSSR count). The molecule has 0 fully saturated rings. The molecule has 0 atom stereocenters. The van der Waals surface area contributed by atoms with E-state index in [1.807, 2.05) is 0 Å². The number of rotatable bonds is 4. The quantitative estimate of drug-likeness (QED) is 0.528. The Bertz CT molecular complexity index is 468. The number of halogens is 1. The van der Waals surface area contributed by atoms with Crippen LogP contribution in [0.5, 0.6) is 0 Å². The van der Waals surface area contributed by atoms with E-state index >= 15 is 0 Å². The van der Waals surface area contributed by atoms with Crippen molar-refractivity contribution in [2.75, 3.05) is 6.61 Å². The number of carbonyl (C=O) groups is 1. The normalized spacial score (nSPS) is 9.76. The highest BCUT2D eigenvalue weighted by molar-refractivity contribution is 9.08. The van der Waals surface area contributed by atoms with Crippen LogP contribution in [0.25, 0.3) is 0 Å². The van der Waals surface area contributed by atoms with Crippen LogP contribution in [0, 0.1) is 11.3 Å². The van der Waals surface area contributed by atoms with Crippen molar-refractivity contribution >= 4 is 34.5 Å². The molecular formula is C12H12BrNO2S. The van der Waals surface area contributed by atoms with Gasteiger partial charge in [-0.3, -0.25) is 4.79 Å². The first kappa shape index (κ1) is 14.1. The number of benzene rings is 1. The number of carbonyl (C=O) groups excluding carboxylic acids is 1. The topological polar surface area (TPSA) is 50.1 Å². The van der Waals surface area contributed by atoms with Crippen molar-refractivity contribution in [1.82, 2.24) is 0 Å². The summed E-state index contributed by atoms with van der Waals surface area (Å²) in [6.45, 7) is 2.10. The molecule has 0 aliphatic rings. The Morgan fingerprint density at radius 1 is 1.59 bits per heavy atom. The highest BCUT2D eigenvalue weighted by atomic mass is 79.9. The molecule has 0 N–H and O–H groups in total. The van der Waals surface area contributed by atoms with Gasteiger partial charge in [-0.2, -0.15) is 5.26 Å². The highest BCUT2D eigenvalue weighted by Gasteiger charge is 2.13. The Morgan fingerprint density at radius 3 is 2.82 bits per heavy atom. The summed E-state index contributed by atoms with van der Waals surface area (Å²) >= 11 is 7.60. The molecule has 1 aromatic rings. The molecule has 0 radical (unpaired) electrons. The summed E-state index contributed by atoms with van der Waals surface area (Å²) in [6, 6.07) is 5.64. The van der Waals surface area contributed by atoms with Crippen molar-refractivity contribution in [2.45, 2.75) is 23.6 Å². The van der Waals surface area contributed by atoms with Crippen LogP contribution in [0.3, 0.4) is 0 Å². The maximum absolute atomic E-state index is 11.4. The van der Waals surface area contributed by atoms with Gasteiger partial charge >= 0.3 is 5.97 Å². The molecule has 0 heterocycles. The van der Waals surface area contributed by atoms with E-state index in [9.17, 15) is 4.79 Å². The largest absolute Gasteiger partial charge is 0.466 e. The fraction of sp³-hybridized carbons (Fsp3) is 0.333. The third-order valence-corrected chi connectivity index (χ3v) is 3.24. The molecule has 0 amide bonds. The predicted octanol–water partition coefficient (Wildman–Crippen LogP) is 2.85. The Morgan fingerprint density at radius 2 is 2.29 bits per heavy atom. The predicted molar refractivity (Wildman–Crippen MR) is 71.4 cm³/mol. The second-order valence-electron chi connectivity index (χ2n) is 3.32. The second kappa shape index (κ2) is 6.67. The molecule has 0 aliphatic heterocycles. The number of hydrogen-bond donors (Lipinski definition) is 1. The van der Waals surface area contributed by atoms with E-state index in [4.69, 9.17) is 10.00 Å². The van der Waals surface area contributed by atoms with E-state index in [1.54, 1.807) is 19.1 Å². The van der Waals surface area contributed by atoms with Gasteiger partial charge in [-0.15, -0.1) is 12.6 Å². The molecule has 3 nitrogen and oxygen atoms in total. The van der Waals surface area contributed by atoms with Gasteiger partial charge < -0.3 is 4.74 Å². The minimum atomic E-state index is -0.323. The van der Waals surface area contributed by atoms with Crippen molar-refractivity contribution < 1.29 is 9.53 Å². The lowest BCUT2D eigenvalue weighted by Gasteiger charge is -2.09. The molecule has 0 spiro atoms. The molecule has 1 aromatic carbocycles. The van der Waals surface area contributed by atoms with Crippen LogP contribution in [0.2, 0.25) is 0 Å². The van der Waals surface area contributed by atoms with Gasteiger partial charge in [0.1, 0.15) is 0 Å². The Balaban J connectivity index is 3.09. The van der Waals surface area contributed by atoms with Gasteiger partial charge in [0.15, 0.2) is 0 Å². The first-order valence-electron chi connectivity index (χ1n) is 5.09. The van der Waals surface area contributed by atoms with Crippen LogP contribution in [0.1, 0.15) is 23.6 Å². The maximum atomic E-state index is 11.4. The van der Waals surface area contributed by atoms with Crippen molar-refractivity contribution in [3.63, 3.8) is 0 Å². The van der Waals surface area contributed by atoms with Crippen molar-refractivity contribution in [3.05, 3.63) is 28.8 Å². The van der Waals surface area contributed by atoms with Crippen LogP contribution in [-0.2, 0) is 21.3 Å². The Hall–Kier alpha value is -0.990. The van der Waals surface area contributed by atoms with Crippen LogP contribution in [0.15, 0.2) is 17.0 Å². The standard InChI is InChI=1S/C12H12BrNO2S/c1-2-16-12(15)5-8-3-4-11(17)9(6-13)10(8)7-14/h3-4,17H,2,5-6H2,1H3.